The van der Waals surface area contributed by atoms with Crippen molar-refractivity contribution in [2.24, 2.45) is 0 Å². The van der Waals surface area contributed by atoms with Gasteiger partial charge in [0.2, 0.25) is 0 Å². The Morgan fingerprint density at radius 2 is 2.43 bits per heavy atom. The van der Waals surface area contributed by atoms with Crippen molar-refractivity contribution in [1.82, 2.24) is 5.32 Å². The van der Waals surface area contributed by atoms with Crippen LogP contribution in [0.3, 0.4) is 0 Å². The van der Waals surface area contributed by atoms with Crippen molar-refractivity contribution in [2.45, 2.75) is 12.8 Å². The molecule has 0 atom stereocenters. The third-order valence-corrected chi connectivity index (χ3v) is 2.50. The summed E-state index contributed by atoms with van der Waals surface area (Å²) in [7, 11) is 0. The highest BCUT2D eigenvalue weighted by Gasteiger charge is 2.05. The lowest BCUT2D eigenvalue weighted by molar-refractivity contribution is 0.0925. The van der Waals surface area contributed by atoms with Crippen LogP contribution in [0.5, 0.6) is 0 Å². The van der Waals surface area contributed by atoms with Crippen LogP contribution in [0.1, 0.15) is 23.4 Å². The number of rotatable bonds is 6. The Labute approximate surface area is 88.2 Å². The van der Waals surface area contributed by atoms with Crippen LogP contribution in [0, 0.1) is 0 Å². The lowest BCUT2D eigenvalue weighted by Crippen LogP contribution is -2.23. The molecule has 14 heavy (non-hydrogen) atoms. The fourth-order valence-corrected chi connectivity index (χ4v) is 1.56. The minimum absolute atomic E-state index is 0.126. The molecular formula is C10H15NO2S. The van der Waals surface area contributed by atoms with Gasteiger partial charge in [-0.05, 0) is 37.0 Å². The summed E-state index contributed by atoms with van der Waals surface area (Å²) in [5.74, 6) is 1.41. The van der Waals surface area contributed by atoms with E-state index in [0.29, 0.717) is 5.76 Å². The standard InChI is InChI=1S/C10H15NO2S/c1-14-8-3-2-6-11-10(12)9-5-4-7-13-9/h4-5,7H,2-3,6,8H2,1H3,(H,11,12). The van der Waals surface area contributed by atoms with E-state index in [4.69, 9.17) is 4.42 Å². The minimum atomic E-state index is -0.126. The number of carbonyl (C=O) groups is 1. The number of carbonyl (C=O) groups excluding carboxylic acids is 1. The Bertz CT molecular complexity index is 259. The summed E-state index contributed by atoms with van der Waals surface area (Å²) >= 11 is 1.83. The number of nitrogens with one attached hydrogen (secondary N) is 1. The number of furan rings is 1. The second kappa shape index (κ2) is 6.54. The first kappa shape index (κ1) is 11.2. The molecule has 1 aromatic heterocycles. The van der Waals surface area contributed by atoms with Crippen molar-refractivity contribution in [1.29, 1.82) is 0 Å². The maximum atomic E-state index is 11.3. The Morgan fingerprint density at radius 1 is 1.57 bits per heavy atom. The third kappa shape index (κ3) is 3.87. The van der Waals surface area contributed by atoms with Crippen molar-refractivity contribution in [3.63, 3.8) is 0 Å². The molecule has 0 aliphatic heterocycles. The van der Waals surface area contributed by atoms with Gasteiger partial charge >= 0.3 is 0 Å². The van der Waals surface area contributed by atoms with Crippen LogP contribution in [-0.2, 0) is 0 Å². The van der Waals surface area contributed by atoms with Gasteiger partial charge in [-0.25, -0.2) is 0 Å². The van der Waals surface area contributed by atoms with Crippen LogP contribution in [0.15, 0.2) is 22.8 Å². The second-order valence-electron chi connectivity index (χ2n) is 2.93. The summed E-state index contributed by atoms with van der Waals surface area (Å²) in [4.78, 5) is 11.3. The van der Waals surface area contributed by atoms with E-state index in [-0.39, 0.29) is 5.91 Å². The van der Waals surface area contributed by atoms with E-state index in [1.807, 2.05) is 11.8 Å². The zero-order chi connectivity index (χ0) is 10.2. The highest BCUT2D eigenvalue weighted by molar-refractivity contribution is 7.98. The normalized spacial score (nSPS) is 10.1. The van der Waals surface area contributed by atoms with Gasteiger partial charge in [0.15, 0.2) is 5.76 Å². The van der Waals surface area contributed by atoms with Crippen molar-refractivity contribution < 1.29 is 9.21 Å². The van der Waals surface area contributed by atoms with Gasteiger partial charge in [-0.1, -0.05) is 0 Å². The Balaban J connectivity index is 2.10. The van der Waals surface area contributed by atoms with Crippen molar-refractivity contribution in [3.05, 3.63) is 24.2 Å². The van der Waals surface area contributed by atoms with Gasteiger partial charge < -0.3 is 9.73 Å². The Hall–Kier alpha value is -0.900. The van der Waals surface area contributed by atoms with Gasteiger partial charge in [0.25, 0.3) is 5.91 Å². The number of amides is 1. The van der Waals surface area contributed by atoms with Crippen molar-refractivity contribution >= 4 is 17.7 Å². The lowest BCUT2D eigenvalue weighted by atomic mass is 10.3. The van der Waals surface area contributed by atoms with E-state index in [0.717, 1.165) is 25.1 Å². The zero-order valence-corrected chi connectivity index (χ0v) is 9.10. The quantitative estimate of drug-likeness (QED) is 0.736. The van der Waals surface area contributed by atoms with E-state index in [9.17, 15) is 4.79 Å². The number of hydrogen-bond acceptors (Lipinski definition) is 3. The highest BCUT2D eigenvalue weighted by Crippen LogP contribution is 2.00. The second-order valence-corrected chi connectivity index (χ2v) is 3.92. The molecule has 0 spiro atoms. The molecule has 0 bridgehead atoms. The largest absolute Gasteiger partial charge is 0.459 e. The Kier molecular flexibility index (Phi) is 5.22. The minimum Gasteiger partial charge on any atom is -0.459 e. The van der Waals surface area contributed by atoms with Crippen LogP contribution in [-0.4, -0.2) is 24.5 Å². The summed E-state index contributed by atoms with van der Waals surface area (Å²) < 4.78 is 4.96. The Morgan fingerprint density at radius 3 is 3.07 bits per heavy atom. The number of thioether (sulfide) groups is 1. The van der Waals surface area contributed by atoms with E-state index in [1.165, 1.54) is 6.26 Å². The van der Waals surface area contributed by atoms with Gasteiger partial charge in [0, 0.05) is 6.54 Å². The first-order valence-corrected chi connectivity index (χ1v) is 6.04. The fraction of sp³-hybridized carbons (Fsp3) is 0.500. The SMILES string of the molecule is CSCCCCNC(=O)c1ccco1. The molecular weight excluding hydrogens is 198 g/mol. The molecule has 1 rings (SSSR count). The highest BCUT2D eigenvalue weighted by atomic mass is 32.2. The first-order valence-electron chi connectivity index (χ1n) is 4.65. The van der Waals surface area contributed by atoms with E-state index in [1.54, 1.807) is 12.1 Å². The van der Waals surface area contributed by atoms with Crippen LogP contribution < -0.4 is 5.32 Å². The monoisotopic (exact) mass is 213 g/mol. The topological polar surface area (TPSA) is 42.2 Å². The van der Waals surface area contributed by atoms with E-state index in [2.05, 4.69) is 11.6 Å². The molecule has 0 radical (unpaired) electrons. The molecule has 0 aliphatic rings. The molecule has 0 fully saturated rings. The molecule has 0 saturated carbocycles. The molecule has 0 aromatic carbocycles. The maximum absolute atomic E-state index is 11.3. The van der Waals surface area contributed by atoms with E-state index >= 15 is 0 Å². The average Bonchev–Trinajstić information content (AvgIpc) is 2.70. The van der Waals surface area contributed by atoms with Crippen LogP contribution in [0.25, 0.3) is 0 Å². The van der Waals surface area contributed by atoms with Gasteiger partial charge in [-0.2, -0.15) is 11.8 Å². The fourth-order valence-electron chi connectivity index (χ4n) is 1.07. The molecule has 1 amide bonds. The lowest BCUT2D eigenvalue weighted by Gasteiger charge is -2.01. The molecule has 0 saturated heterocycles. The number of hydrogen-bond donors (Lipinski definition) is 1. The van der Waals surface area contributed by atoms with Crippen molar-refractivity contribution in [3.8, 4) is 0 Å². The van der Waals surface area contributed by atoms with E-state index < -0.39 is 0 Å². The third-order valence-electron chi connectivity index (χ3n) is 1.81. The van der Waals surface area contributed by atoms with Crippen LogP contribution in [0.4, 0.5) is 0 Å². The smallest absolute Gasteiger partial charge is 0.286 e. The molecule has 3 nitrogen and oxygen atoms in total. The van der Waals surface area contributed by atoms with Gasteiger partial charge in [0.05, 0.1) is 6.26 Å². The predicted molar refractivity (Wildman–Crippen MR) is 58.7 cm³/mol. The molecule has 0 unspecified atom stereocenters. The summed E-state index contributed by atoms with van der Waals surface area (Å²) in [5, 5.41) is 2.80. The molecule has 1 heterocycles. The summed E-state index contributed by atoms with van der Waals surface area (Å²) in [5.41, 5.74) is 0. The maximum Gasteiger partial charge on any atom is 0.286 e. The van der Waals surface area contributed by atoms with Crippen LogP contribution >= 0.6 is 11.8 Å². The van der Waals surface area contributed by atoms with Gasteiger partial charge in [-0.3, -0.25) is 4.79 Å². The summed E-state index contributed by atoms with van der Waals surface area (Å²) in [6.07, 6.45) is 5.75. The molecule has 0 aliphatic carbocycles. The zero-order valence-electron chi connectivity index (χ0n) is 8.29. The number of unbranched alkanes of at least 4 members (excludes halogenated alkanes) is 1. The van der Waals surface area contributed by atoms with Gasteiger partial charge in [0.1, 0.15) is 0 Å². The average molecular weight is 213 g/mol. The van der Waals surface area contributed by atoms with Crippen LogP contribution in [0.2, 0.25) is 0 Å². The molecule has 1 aromatic rings. The van der Waals surface area contributed by atoms with Crippen molar-refractivity contribution in [2.75, 3.05) is 18.6 Å². The predicted octanol–water partition coefficient (Wildman–Crippen LogP) is 2.15. The summed E-state index contributed by atoms with van der Waals surface area (Å²) in [6, 6.07) is 3.37. The first-order chi connectivity index (χ1) is 6.84. The van der Waals surface area contributed by atoms with Gasteiger partial charge in [-0.15, -0.1) is 0 Å². The summed E-state index contributed by atoms with van der Waals surface area (Å²) in [6.45, 7) is 0.722. The molecule has 1 N–H and O–H groups in total. The molecule has 4 heteroatoms. The molecule has 78 valence electrons.